The van der Waals surface area contributed by atoms with E-state index in [0.29, 0.717) is 4.34 Å². The summed E-state index contributed by atoms with van der Waals surface area (Å²) in [4.78, 5) is 26.8. The van der Waals surface area contributed by atoms with Crippen LogP contribution in [-0.2, 0) is 18.5 Å². The second kappa shape index (κ2) is 9.13. The minimum atomic E-state index is -1.12. The van der Waals surface area contributed by atoms with Crippen molar-refractivity contribution in [2.45, 2.75) is 23.8 Å². The first-order chi connectivity index (χ1) is 10.1. The number of aliphatic carboxylic acids is 1. The summed E-state index contributed by atoms with van der Waals surface area (Å²) < 4.78 is 11.7. The fourth-order valence-electron chi connectivity index (χ4n) is 1.59. The lowest BCUT2D eigenvalue weighted by atomic mass is 10.2. The first kappa shape index (κ1) is 18.9. The minimum Gasteiger partial charge on any atom is -0.481 e. The van der Waals surface area contributed by atoms with E-state index in [4.69, 9.17) is 14.0 Å². The van der Waals surface area contributed by atoms with Gasteiger partial charge in [-0.1, -0.05) is 12.1 Å². The molecule has 0 bridgehead atoms. The molecule has 9 heteroatoms. The van der Waals surface area contributed by atoms with Crippen molar-refractivity contribution in [2.75, 3.05) is 6.61 Å². The van der Waals surface area contributed by atoms with Gasteiger partial charge >= 0.3 is 11.9 Å². The number of benzene rings is 1. The molecule has 0 aliphatic carbocycles. The molecule has 0 saturated heterocycles. The van der Waals surface area contributed by atoms with Crippen molar-refractivity contribution in [1.29, 1.82) is 0 Å². The molecule has 118 valence electrons. The topological polar surface area (TPSA) is 85.7 Å². The number of thiazole rings is 1. The second-order valence-electron chi connectivity index (χ2n) is 3.98. The normalized spacial score (nSPS) is 11.7. The van der Waals surface area contributed by atoms with Crippen LogP contribution >= 0.6 is 23.4 Å². The SMILES string of the molecule is CCOC(CC(=O)O)C(=O)OSc1nc2ccccc2s1.[AlH3]. The lowest BCUT2D eigenvalue weighted by molar-refractivity contribution is -0.153. The number of carbonyl (C=O) groups is 2. The van der Waals surface area contributed by atoms with Gasteiger partial charge in [-0.05, 0) is 19.1 Å². The van der Waals surface area contributed by atoms with Crippen molar-refractivity contribution in [2.24, 2.45) is 0 Å². The Kier molecular flexibility index (Phi) is 7.86. The lowest BCUT2D eigenvalue weighted by Gasteiger charge is -2.12. The van der Waals surface area contributed by atoms with E-state index < -0.39 is 24.5 Å². The Hall–Kier alpha value is -1.11. The van der Waals surface area contributed by atoms with Crippen LogP contribution in [0, 0.1) is 0 Å². The molecule has 6 nitrogen and oxygen atoms in total. The highest BCUT2D eigenvalue weighted by Gasteiger charge is 2.24. The van der Waals surface area contributed by atoms with Gasteiger partial charge in [0.25, 0.3) is 0 Å². The minimum absolute atomic E-state index is 0. The van der Waals surface area contributed by atoms with Crippen molar-refractivity contribution in [3.63, 3.8) is 0 Å². The first-order valence-electron chi connectivity index (χ1n) is 6.17. The highest BCUT2D eigenvalue weighted by atomic mass is 32.2. The van der Waals surface area contributed by atoms with Crippen LogP contribution in [0.2, 0.25) is 0 Å². The van der Waals surface area contributed by atoms with Crippen molar-refractivity contribution in [3.05, 3.63) is 24.3 Å². The molecule has 1 N–H and O–H groups in total. The van der Waals surface area contributed by atoms with Gasteiger partial charge in [0, 0.05) is 6.61 Å². The average molecular weight is 357 g/mol. The van der Waals surface area contributed by atoms with Gasteiger partial charge in [-0.15, -0.1) is 11.3 Å². The Morgan fingerprint density at radius 3 is 2.77 bits per heavy atom. The molecular formula is C13H16AlNO5S2. The van der Waals surface area contributed by atoms with Gasteiger partial charge in [-0.25, -0.2) is 9.78 Å². The van der Waals surface area contributed by atoms with Gasteiger partial charge in [-0.2, -0.15) is 0 Å². The van der Waals surface area contributed by atoms with E-state index in [9.17, 15) is 9.59 Å². The summed E-state index contributed by atoms with van der Waals surface area (Å²) in [6.07, 6.45) is -1.53. The number of carbonyl (C=O) groups excluding carboxylic acids is 1. The first-order valence-corrected chi connectivity index (χ1v) is 7.73. The Morgan fingerprint density at radius 1 is 1.41 bits per heavy atom. The smallest absolute Gasteiger partial charge is 0.348 e. The van der Waals surface area contributed by atoms with Gasteiger partial charge in [0.15, 0.2) is 27.8 Å². The third-order valence-electron chi connectivity index (χ3n) is 2.46. The largest absolute Gasteiger partial charge is 0.481 e. The standard InChI is InChI=1S/C13H13NO5S2.Al.3H/c1-2-18-9(7-11(15)16)12(17)19-21-13-14-8-5-3-4-6-10(8)20-13;;;;/h3-6,9H,2,7H2,1H3,(H,15,16);;;;. The number of para-hydroxylation sites is 1. The van der Waals surface area contributed by atoms with Crippen LogP contribution in [0.25, 0.3) is 10.2 Å². The van der Waals surface area contributed by atoms with Crippen molar-refractivity contribution < 1.29 is 23.6 Å². The molecule has 0 spiro atoms. The van der Waals surface area contributed by atoms with Crippen LogP contribution in [0.3, 0.4) is 0 Å². The van der Waals surface area contributed by atoms with Gasteiger partial charge in [0.05, 0.1) is 16.6 Å². The van der Waals surface area contributed by atoms with Gasteiger partial charge in [-0.3, -0.25) is 4.79 Å². The molecule has 22 heavy (non-hydrogen) atoms. The molecule has 0 radical (unpaired) electrons. The Balaban J connectivity index is 0.00000242. The van der Waals surface area contributed by atoms with Crippen LogP contribution in [-0.4, -0.2) is 52.1 Å². The highest BCUT2D eigenvalue weighted by Crippen LogP contribution is 2.30. The number of hydrogen-bond acceptors (Lipinski definition) is 7. The maximum Gasteiger partial charge on any atom is 0.348 e. The van der Waals surface area contributed by atoms with Crippen LogP contribution in [0.5, 0.6) is 0 Å². The number of fused-ring (bicyclic) bond motifs is 1. The zero-order chi connectivity index (χ0) is 15.2. The molecule has 0 aliphatic rings. The van der Waals surface area contributed by atoms with E-state index in [-0.39, 0.29) is 24.0 Å². The molecule has 2 aromatic rings. The summed E-state index contributed by atoms with van der Waals surface area (Å²) in [5.41, 5.74) is 0.827. The van der Waals surface area contributed by atoms with E-state index in [1.54, 1.807) is 6.92 Å². The maximum absolute atomic E-state index is 11.8. The monoisotopic (exact) mass is 357 g/mol. The summed E-state index contributed by atoms with van der Waals surface area (Å²) in [5.74, 6) is -1.83. The molecule has 0 saturated carbocycles. The number of nitrogens with zero attached hydrogens (tertiary/aromatic N) is 1. The van der Waals surface area contributed by atoms with Gasteiger partial charge in [0.1, 0.15) is 12.0 Å². The zero-order valence-electron chi connectivity index (χ0n) is 11.1. The van der Waals surface area contributed by atoms with Crippen LogP contribution in [0.4, 0.5) is 0 Å². The molecule has 1 aromatic carbocycles. The number of aromatic nitrogens is 1. The summed E-state index contributed by atoms with van der Waals surface area (Å²) in [6, 6.07) is 7.57. The number of ether oxygens (including phenoxy) is 1. The van der Waals surface area contributed by atoms with Gasteiger partial charge in [0.2, 0.25) is 0 Å². The molecule has 1 heterocycles. The van der Waals surface area contributed by atoms with Crippen LogP contribution in [0.1, 0.15) is 13.3 Å². The van der Waals surface area contributed by atoms with E-state index in [0.717, 1.165) is 22.3 Å². The summed E-state index contributed by atoms with van der Waals surface area (Å²) in [6.45, 7) is 1.92. The van der Waals surface area contributed by atoms with E-state index >= 15 is 0 Å². The Labute approximate surface area is 146 Å². The average Bonchev–Trinajstić information content (AvgIpc) is 2.86. The lowest BCUT2D eigenvalue weighted by Crippen LogP contribution is -2.27. The number of carboxylic acids is 1. The third kappa shape index (κ3) is 5.27. The molecule has 1 aromatic heterocycles. The van der Waals surface area contributed by atoms with Crippen LogP contribution in [0.15, 0.2) is 28.6 Å². The summed E-state index contributed by atoms with van der Waals surface area (Å²) in [7, 11) is 0. The van der Waals surface area contributed by atoms with Crippen molar-refractivity contribution in [1.82, 2.24) is 4.98 Å². The molecule has 1 unspecified atom stereocenters. The van der Waals surface area contributed by atoms with E-state index in [1.165, 1.54) is 11.3 Å². The van der Waals surface area contributed by atoms with Crippen LogP contribution < -0.4 is 0 Å². The maximum atomic E-state index is 11.8. The highest BCUT2D eigenvalue weighted by molar-refractivity contribution is 7.97. The number of hydrogen-bond donors (Lipinski definition) is 1. The number of carboxylic acid groups (broad SMARTS) is 1. The summed E-state index contributed by atoms with van der Waals surface area (Å²) in [5, 5.41) is 8.74. The van der Waals surface area contributed by atoms with Crippen molar-refractivity contribution >= 4 is 62.9 Å². The Bertz CT molecular complexity index is 615. The second-order valence-corrected chi connectivity index (χ2v) is 5.98. The molecule has 0 amide bonds. The van der Waals surface area contributed by atoms with E-state index in [2.05, 4.69) is 4.98 Å². The fourth-order valence-corrected chi connectivity index (χ4v) is 3.19. The zero-order valence-corrected chi connectivity index (χ0v) is 12.8. The molecule has 2 rings (SSSR count). The quantitative estimate of drug-likeness (QED) is 0.594. The van der Waals surface area contributed by atoms with Gasteiger partial charge < -0.3 is 14.0 Å². The fraction of sp³-hybridized carbons (Fsp3) is 0.308. The molecule has 0 aliphatic heterocycles. The Morgan fingerprint density at radius 2 is 2.14 bits per heavy atom. The van der Waals surface area contributed by atoms with Crippen molar-refractivity contribution in [3.8, 4) is 0 Å². The molecule has 1 atom stereocenters. The van der Waals surface area contributed by atoms with E-state index in [1.807, 2.05) is 24.3 Å². The third-order valence-corrected chi connectivity index (χ3v) is 4.23. The summed E-state index contributed by atoms with van der Waals surface area (Å²) >= 11 is 2.22. The predicted molar refractivity (Wildman–Crippen MR) is 89.2 cm³/mol. The predicted octanol–water partition coefficient (Wildman–Crippen LogP) is 1.54. The number of rotatable bonds is 7. The molecule has 0 fully saturated rings. The molecular weight excluding hydrogens is 341 g/mol.